The van der Waals surface area contributed by atoms with Crippen molar-refractivity contribution in [2.45, 2.75) is 38.8 Å². The van der Waals surface area contributed by atoms with Crippen LogP contribution in [0.25, 0.3) is 0 Å². The van der Waals surface area contributed by atoms with Gasteiger partial charge in [0.1, 0.15) is 0 Å². The van der Waals surface area contributed by atoms with Crippen LogP contribution in [-0.4, -0.2) is 45.2 Å². The van der Waals surface area contributed by atoms with Crippen molar-refractivity contribution < 1.29 is 19.0 Å². The second-order valence-corrected chi connectivity index (χ2v) is 7.52. The molecular weight excluding hydrogens is 380 g/mol. The maximum Gasteiger partial charge on any atom is 0.255 e. The van der Waals surface area contributed by atoms with Crippen LogP contribution in [0.15, 0.2) is 36.4 Å². The van der Waals surface area contributed by atoms with Crippen molar-refractivity contribution in [3.8, 4) is 17.2 Å². The van der Waals surface area contributed by atoms with Gasteiger partial charge in [0.25, 0.3) is 5.91 Å². The molecule has 162 valence electrons. The summed E-state index contributed by atoms with van der Waals surface area (Å²) in [6.07, 6.45) is 5.17. The zero-order valence-electron chi connectivity index (χ0n) is 18.2. The van der Waals surface area contributed by atoms with Crippen molar-refractivity contribution in [1.29, 1.82) is 0 Å². The first-order chi connectivity index (χ1) is 14.7. The molecule has 0 aliphatic carbocycles. The van der Waals surface area contributed by atoms with Gasteiger partial charge in [-0.2, -0.15) is 0 Å². The fourth-order valence-corrected chi connectivity index (χ4v) is 3.97. The van der Waals surface area contributed by atoms with E-state index in [0.29, 0.717) is 29.4 Å². The Balaban J connectivity index is 1.72. The molecule has 0 unspecified atom stereocenters. The van der Waals surface area contributed by atoms with Crippen LogP contribution in [-0.2, 0) is 13.1 Å². The molecule has 0 atom stereocenters. The van der Waals surface area contributed by atoms with E-state index in [1.165, 1.54) is 45.5 Å². The summed E-state index contributed by atoms with van der Waals surface area (Å²) in [5.41, 5.74) is 2.81. The number of ether oxygens (including phenoxy) is 3. The Kier molecular flexibility index (Phi) is 7.97. The van der Waals surface area contributed by atoms with Crippen LogP contribution in [0.2, 0.25) is 0 Å². The molecule has 0 spiro atoms. The third-order valence-electron chi connectivity index (χ3n) is 5.60. The molecule has 1 heterocycles. The quantitative estimate of drug-likeness (QED) is 0.710. The summed E-state index contributed by atoms with van der Waals surface area (Å²) in [4.78, 5) is 15.4. The maximum absolute atomic E-state index is 12.9. The van der Waals surface area contributed by atoms with Gasteiger partial charge in [0, 0.05) is 13.1 Å². The summed E-state index contributed by atoms with van der Waals surface area (Å²) >= 11 is 0. The third-order valence-corrected chi connectivity index (χ3v) is 5.60. The van der Waals surface area contributed by atoms with Gasteiger partial charge in [0.2, 0.25) is 5.75 Å². The number of carbonyl (C=O) groups excluding carboxylic acids is 1. The number of nitrogens with zero attached hydrogens (tertiary/aromatic N) is 1. The van der Waals surface area contributed by atoms with Gasteiger partial charge in [0.05, 0.1) is 26.9 Å². The van der Waals surface area contributed by atoms with Crippen LogP contribution in [0.4, 0.5) is 0 Å². The number of likely N-dealkylation sites (tertiary alicyclic amines) is 1. The molecule has 0 bridgehead atoms. The van der Waals surface area contributed by atoms with Crippen LogP contribution >= 0.6 is 0 Å². The standard InChI is InChI=1S/C24H32N2O4/c1-28-21-13-12-20(22(29-2)23(21)30-3)24(27)25-16-18-10-6-7-11-19(18)17-26-14-8-4-5-9-15-26/h6-7,10-13H,4-5,8-9,14-17H2,1-3H3,(H,25,27). The van der Waals surface area contributed by atoms with Gasteiger partial charge in [-0.1, -0.05) is 37.1 Å². The molecule has 1 amide bonds. The van der Waals surface area contributed by atoms with Gasteiger partial charge in [-0.15, -0.1) is 0 Å². The van der Waals surface area contributed by atoms with Crippen molar-refractivity contribution in [2.24, 2.45) is 0 Å². The summed E-state index contributed by atoms with van der Waals surface area (Å²) in [6.45, 7) is 3.67. The van der Waals surface area contributed by atoms with Gasteiger partial charge < -0.3 is 19.5 Å². The number of hydrogen-bond donors (Lipinski definition) is 1. The number of amides is 1. The minimum atomic E-state index is -0.211. The fraction of sp³-hybridized carbons (Fsp3) is 0.458. The number of hydrogen-bond acceptors (Lipinski definition) is 5. The first-order valence-electron chi connectivity index (χ1n) is 10.5. The molecule has 1 aliphatic rings. The number of nitrogens with one attached hydrogen (secondary N) is 1. The van der Waals surface area contributed by atoms with Crippen molar-refractivity contribution in [3.05, 3.63) is 53.1 Å². The van der Waals surface area contributed by atoms with Gasteiger partial charge in [-0.3, -0.25) is 9.69 Å². The summed E-state index contributed by atoms with van der Waals surface area (Å²) in [5, 5.41) is 3.03. The summed E-state index contributed by atoms with van der Waals surface area (Å²) in [6, 6.07) is 11.7. The van der Waals surface area contributed by atoms with Crippen LogP contribution in [0.1, 0.15) is 47.2 Å². The van der Waals surface area contributed by atoms with Crippen molar-refractivity contribution in [2.75, 3.05) is 34.4 Å². The highest BCUT2D eigenvalue weighted by atomic mass is 16.5. The molecule has 3 rings (SSSR count). The first kappa shape index (κ1) is 22.0. The molecule has 30 heavy (non-hydrogen) atoms. The summed E-state index contributed by atoms with van der Waals surface area (Å²) < 4.78 is 16.1. The third kappa shape index (κ3) is 5.25. The second kappa shape index (κ2) is 10.9. The smallest absolute Gasteiger partial charge is 0.255 e. The predicted octanol–water partition coefficient (Wildman–Crippen LogP) is 4.02. The van der Waals surface area contributed by atoms with Crippen LogP contribution in [0.3, 0.4) is 0 Å². The van der Waals surface area contributed by atoms with E-state index in [1.807, 2.05) is 6.07 Å². The van der Waals surface area contributed by atoms with Crippen LogP contribution < -0.4 is 19.5 Å². The Morgan fingerprint density at radius 2 is 1.53 bits per heavy atom. The highest BCUT2D eigenvalue weighted by molar-refractivity contribution is 5.98. The average molecular weight is 413 g/mol. The molecule has 0 saturated carbocycles. The van der Waals surface area contributed by atoms with Crippen LogP contribution in [0, 0.1) is 0 Å². The van der Waals surface area contributed by atoms with E-state index >= 15 is 0 Å². The Morgan fingerprint density at radius 1 is 0.867 bits per heavy atom. The van der Waals surface area contributed by atoms with E-state index in [1.54, 1.807) is 19.2 Å². The van der Waals surface area contributed by atoms with Gasteiger partial charge >= 0.3 is 0 Å². The van der Waals surface area contributed by atoms with E-state index in [0.717, 1.165) is 25.2 Å². The fourth-order valence-electron chi connectivity index (χ4n) is 3.97. The van der Waals surface area contributed by atoms with Gasteiger partial charge in [-0.05, 0) is 49.2 Å². The monoisotopic (exact) mass is 412 g/mol. The summed E-state index contributed by atoms with van der Waals surface area (Å²) in [5.74, 6) is 1.09. The predicted molar refractivity (Wildman–Crippen MR) is 117 cm³/mol. The molecule has 2 aromatic rings. The number of benzene rings is 2. The molecular formula is C24H32N2O4. The zero-order chi connectivity index (χ0) is 21.3. The van der Waals surface area contributed by atoms with Crippen molar-refractivity contribution >= 4 is 5.91 Å². The van der Waals surface area contributed by atoms with Gasteiger partial charge in [0.15, 0.2) is 11.5 Å². The normalized spacial score (nSPS) is 14.6. The minimum Gasteiger partial charge on any atom is -0.493 e. The van der Waals surface area contributed by atoms with E-state index in [4.69, 9.17) is 14.2 Å². The number of carbonyl (C=O) groups is 1. The highest BCUT2D eigenvalue weighted by Crippen LogP contribution is 2.39. The van der Waals surface area contributed by atoms with E-state index in [9.17, 15) is 4.79 Å². The molecule has 1 aliphatic heterocycles. The second-order valence-electron chi connectivity index (χ2n) is 7.52. The molecule has 2 aromatic carbocycles. The molecule has 0 aromatic heterocycles. The van der Waals surface area contributed by atoms with Gasteiger partial charge in [-0.25, -0.2) is 0 Å². The van der Waals surface area contributed by atoms with Crippen LogP contribution in [0.5, 0.6) is 17.2 Å². The maximum atomic E-state index is 12.9. The largest absolute Gasteiger partial charge is 0.493 e. The van der Waals surface area contributed by atoms with Crippen molar-refractivity contribution in [3.63, 3.8) is 0 Å². The van der Waals surface area contributed by atoms with E-state index in [-0.39, 0.29) is 5.91 Å². The molecule has 1 N–H and O–H groups in total. The molecule has 1 saturated heterocycles. The lowest BCUT2D eigenvalue weighted by atomic mass is 10.1. The SMILES string of the molecule is COc1ccc(C(=O)NCc2ccccc2CN2CCCCCC2)c(OC)c1OC. The Labute approximate surface area is 179 Å². The molecule has 1 fully saturated rings. The van der Waals surface area contributed by atoms with Crippen molar-refractivity contribution in [1.82, 2.24) is 10.2 Å². The minimum absolute atomic E-state index is 0.211. The van der Waals surface area contributed by atoms with E-state index in [2.05, 4.69) is 28.4 Å². The molecule has 6 heteroatoms. The highest BCUT2D eigenvalue weighted by Gasteiger charge is 2.21. The lowest BCUT2D eigenvalue weighted by Crippen LogP contribution is -2.27. The van der Waals surface area contributed by atoms with E-state index < -0.39 is 0 Å². The first-order valence-corrected chi connectivity index (χ1v) is 10.5. The lowest BCUT2D eigenvalue weighted by Gasteiger charge is -2.22. The zero-order valence-corrected chi connectivity index (χ0v) is 18.2. The average Bonchev–Trinajstić information content (AvgIpc) is 3.05. The molecule has 0 radical (unpaired) electrons. The topological polar surface area (TPSA) is 60.0 Å². The number of methoxy groups -OCH3 is 3. The Hall–Kier alpha value is -2.73. The lowest BCUT2D eigenvalue weighted by molar-refractivity contribution is 0.0947. The number of rotatable bonds is 8. The summed E-state index contributed by atoms with van der Waals surface area (Å²) in [7, 11) is 4.60. The Bertz CT molecular complexity index is 845. The molecule has 6 nitrogen and oxygen atoms in total. The Morgan fingerprint density at radius 3 is 2.17 bits per heavy atom.